The summed E-state index contributed by atoms with van der Waals surface area (Å²) in [4.78, 5) is 4.44. The number of benzene rings is 1. The largest absolute Gasteiger partial charge is 0.487 e. The summed E-state index contributed by atoms with van der Waals surface area (Å²) in [5.74, 6) is 1.30. The molecule has 1 aliphatic rings. The zero-order chi connectivity index (χ0) is 17.7. The van der Waals surface area contributed by atoms with Crippen molar-refractivity contribution in [3.8, 4) is 5.75 Å². The molecule has 0 amide bonds. The Morgan fingerprint density at radius 1 is 1.33 bits per heavy atom. The first kappa shape index (κ1) is 18.8. The minimum absolute atomic E-state index is 0.487. The second-order valence-corrected chi connectivity index (χ2v) is 8.77. The van der Waals surface area contributed by atoms with Crippen LogP contribution in [0.3, 0.4) is 0 Å². The first-order valence-corrected chi connectivity index (χ1v) is 10.3. The fourth-order valence-corrected chi connectivity index (χ4v) is 3.25. The monoisotopic (exact) mass is 352 g/mol. The van der Waals surface area contributed by atoms with E-state index in [1.54, 1.807) is 7.05 Å². The SMILES string of the molecule is CC(C)CCc1c(OCC2=NCCC2)cccc1N(C)S(C)(=O)=O. The third kappa shape index (κ3) is 4.97. The number of hydrogen-bond donors (Lipinski definition) is 0. The normalized spacial score (nSPS) is 14.8. The zero-order valence-corrected chi connectivity index (χ0v) is 15.9. The van der Waals surface area contributed by atoms with Crippen molar-refractivity contribution in [2.45, 2.75) is 39.5 Å². The molecule has 1 aliphatic heterocycles. The topological polar surface area (TPSA) is 59.0 Å². The molecule has 1 heterocycles. The molecule has 5 nitrogen and oxygen atoms in total. The van der Waals surface area contributed by atoms with Gasteiger partial charge in [0.05, 0.1) is 11.9 Å². The molecule has 0 bridgehead atoms. The molecule has 0 atom stereocenters. The molecule has 24 heavy (non-hydrogen) atoms. The third-order valence-corrected chi connectivity index (χ3v) is 5.46. The minimum atomic E-state index is -3.31. The van der Waals surface area contributed by atoms with E-state index in [-0.39, 0.29) is 0 Å². The molecule has 134 valence electrons. The summed E-state index contributed by atoms with van der Waals surface area (Å²) in [6.07, 6.45) is 5.07. The van der Waals surface area contributed by atoms with Crippen molar-refractivity contribution in [1.29, 1.82) is 0 Å². The Bertz CT molecular complexity index is 696. The van der Waals surface area contributed by atoms with Crippen molar-refractivity contribution < 1.29 is 13.2 Å². The van der Waals surface area contributed by atoms with Crippen LogP contribution < -0.4 is 9.04 Å². The molecule has 0 spiro atoms. The second-order valence-electron chi connectivity index (χ2n) is 6.76. The van der Waals surface area contributed by atoms with Crippen molar-refractivity contribution in [3.63, 3.8) is 0 Å². The molecule has 0 fully saturated rings. The first-order chi connectivity index (χ1) is 11.3. The standard InChI is InChI=1S/C18H28N2O3S/c1-14(2)10-11-16-17(20(3)24(4,21)22)8-5-9-18(16)23-13-15-7-6-12-19-15/h5,8-9,14H,6-7,10-13H2,1-4H3. The number of rotatable bonds is 8. The lowest BCUT2D eigenvalue weighted by molar-refractivity contribution is 0.369. The average molecular weight is 353 g/mol. The molecule has 0 aromatic heterocycles. The van der Waals surface area contributed by atoms with E-state index in [1.165, 1.54) is 10.6 Å². The highest BCUT2D eigenvalue weighted by Crippen LogP contribution is 2.32. The van der Waals surface area contributed by atoms with Gasteiger partial charge in [0.15, 0.2) is 0 Å². The summed E-state index contributed by atoms with van der Waals surface area (Å²) in [7, 11) is -1.72. The van der Waals surface area contributed by atoms with Crippen molar-refractivity contribution in [2.24, 2.45) is 10.9 Å². The van der Waals surface area contributed by atoms with Crippen LogP contribution in [0.4, 0.5) is 5.69 Å². The molecule has 0 saturated heterocycles. The summed E-state index contributed by atoms with van der Waals surface area (Å²) < 4.78 is 31.3. The highest BCUT2D eigenvalue weighted by atomic mass is 32.2. The van der Waals surface area contributed by atoms with Gasteiger partial charge in [-0.3, -0.25) is 9.30 Å². The van der Waals surface area contributed by atoms with Gasteiger partial charge in [-0.2, -0.15) is 0 Å². The predicted octanol–water partition coefficient (Wildman–Crippen LogP) is 3.28. The van der Waals surface area contributed by atoms with Crippen molar-refractivity contribution in [3.05, 3.63) is 23.8 Å². The van der Waals surface area contributed by atoms with Crippen LogP contribution in [0.25, 0.3) is 0 Å². The Morgan fingerprint density at radius 2 is 2.08 bits per heavy atom. The van der Waals surface area contributed by atoms with Gasteiger partial charge in [-0.25, -0.2) is 8.42 Å². The van der Waals surface area contributed by atoms with Gasteiger partial charge in [0, 0.05) is 24.9 Å². The number of ether oxygens (including phenoxy) is 1. The van der Waals surface area contributed by atoms with E-state index in [1.807, 2.05) is 18.2 Å². The van der Waals surface area contributed by atoms with E-state index in [0.717, 1.165) is 49.3 Å². The van der Waals surface area contributed by atoms with Crippen molar-refractivity contribution in [2.75, 3.05) is 30.8 Å². The van der Waals surface area contributed by atoms with Crippen LogP contribution in [-0.4, -0.2) is 40.6 Å². The van der Waals surface area contributed by atoms with Gasteiger partial charge in [0.25, 0.3) is 0 Å². The lowest BCUT2D eigenvalue weighted by Crippen LogP contribution is -2.26. The fraction of sp³-hybridized carbons (Fsp3) is 0.611. The van der Waals surface area contributed by atoms with Gasteiger partial charge in [0.2, 0.25) is 10.0 Å². The van der Waals surface area contributed by atoms with Gasteiger partial charge < -0.3 is 4.74 Å². The van der Waals surface area contributed by atoms with E-state index < -0.39 is 10.0 Å². The Morgan fingerprint density at radius 3 is 2.67 bits per heavy atom. The Kier molecular flexibility index (Phi) is 6.27. The smallest absolute Gasteiger partial charge is 0.232 e. The molecule has 6 heteroatoms. The van der Waals surface area contributed by atoms with E-state index in [2.05, 4.69) is 18.8 Å². The average Bonchev–Trinajstić information content (AvgIpc) is 3.02. The quantitative estimate of drug-likeness (QED) is 0.721. The summed E-state index contributed by atoms with van der Waals surface area (Å²) in [6, 6.07) is 5.61. The number of sulfonamides is 1. The zero-order valence-electron chi connectivity index (χ0n) is 15.1. The first-order valence-electron chi connectivity index (χ1n) is 8.50. The number of nitrogens with zero attached hydrogens (tertiary/aromatic N) is 2. The Hall–Kier alpha value is -1.56. The molecule has 0 saturated carbocycles. The molecular formula is C18H28N2O3S. The lowest BCUT2D eigenvalue weighted by Gasteiger charge is -2.23. The molecule has 0 N–H and O–H groups in total. The maximum Gasteiger partial charge on any atom is 0.232 e. The van der Waals surface area contributed by atoms with Crippen molar-refractivity contribution >= 4 is 21.4 Å². The molecule has 2 rings (SSSR count). The van der Waals surface area contributed by atoms with E-state index in [9.17, 15) is 8.42 Å². The van der Waals surface area contributed by atoms with Gasteiger partial charge in [0.1, 0.15) is 12.4 Å². The van der Waals surface area contributed by atoms with Crippen LogP contribution >= 0.6 is 0 Å². The Balaban J connectivity index is 2.30. The van der Waals surface area contributed by atoms with E-state index in [4.69, 9.17) is 4.74 Å². The van der Waals surface area contributed by atoms with Crippen LogP contribution in [0, 0.1) is 5.92 Å². The number of aliphatic imine (C=N–C) groups is 1. The van der Waals surface area contributed by atoms with Crippen LogP contribution in [0.15, 0.2) is 23.2 Å². The molecule has 1 aromatic carbocycles. The summed E-state index contributed by atoms with van der Waals surface area (Å²) in [6.45, 7) is 5.70. The maximum absolute atomic E-state index is 12.0. The summed E-state index contributed by atoms with van der Waals surface area (Å²) >= 11 is 0. The molecule has 0 unspecified atom stereocenters. The number of anilines is 1. The molecule has 0 aliphatic carbocycles. The highest BCUT2D eigenvalue weighted by Gasteiger charge is 2.19. The van der Waals surface area contributed by atoms with Crippen LogP contribution in [0.5, 0.6) is 5.75 Å². The fourth-order valence-electron chi connectivity index (χ4n) is 2.73. The minimum Gasteiger partial charge on any atom is -0.487 e. The number of hydrogen-bond acceptors (Lipinski definition) is 4. The lowest BCUT2D eigenvalue weighted by atomic mass is 10.0. The Labute approximate surface area is 145 Å². The second kappa shape index (κ2) is 8.01. The van der Waals surface area contributed by atoms with Gasteiger partial charge in [-0.05, 0) is 43.7 Å². The molecule has 1 aromatic rings. The molecular weight excluding hydrogens is 324 g/mol. The van der Waals surface area contributed by atoms with Crippen LogP contribution in [-0.2, 0) is 16.4 Å². The molecule has 0 radical (unpaired) electrons. The van der Waals surface area contributed by atoms with Gasteiger partial charge in [-0.1, -0.05) is 19.9 Å². The summed E-state index contributed by atoms with van der Waals surface area (Å²) in [5, 5.41) is 0. The van der Waals surface area contributed by atoms with Gasteiger partial charge >= 0.3 is 0 Å². The maximum atomic E-state index is 12.0. The highest BCUT2D eigenvalue weighted by molar-refractivity contribution is 7.92. The predicted molar refractivity (Wildman–Crippen MR) is 99.9 cm³/mol. The van der Waals surface area contributed by atoms with Crippen molar-refractivity contribution in [1.82, 2.24) is 0 Å². The van der Waals surface area contributed by atoms with E-state index in [0.29, 0.717) is 18.2 Å². The van der Waals surface area contributed by atoms with Crippen LogP contribution in [0.1, 0.15) is 38.7 Å². The summed E-state index contributed by atoms with van der Waals surface area (Å²) in [5.41, 5.74) is 2.74. The van der Waals surface area contributed by atoms with E-state index >= 15 is 0 Å². The van der Waals surface area contributed by atoms with Crippen LogP contribution in [0.2, 0.25) is 0 Å². The third-order valence-electron chi connectivity index (χ3n) is 4.27. The van der Waals surface area contributed by atoms with Gasteiger partial charge in [-0.15, -0.1) is 0 Å².